The largest absolute Gasteiger partial charge is 0.544 e. The van der Waals surface area contributed by atoms with E-state index in [2.05, 4.69) is 64.4 Å². The van der Waals surface area contributed by atoms with Crippen LogP contribution in [0.3, 0.4) is 0 Å². The first-order valence-corrected chi connectivity index (χ1v) is 18.4. The maximum atomic E-state index is 6.35. The van der Waals surface area contributed by atoms with Crippen LogP contribution in [0, 0.1) is 0 Å². The van der Waals surface area contributed by atoms with Crippen LogP contribution in [0.2, 0.25) is 39.3 Å². The van der Waals surface area contributed by atoms with Gasteiger partial charge in [0.05, 0.1) is 0 Å². The maximum Gasteiger partial charge on any atom is 0.242 e. The Balaban J connectivity index is 2.48. The van der Waals surface area contributed by atoms with Crippen LogP contribution < -0.4 is 8.85 Å². The van der Waals surface area contributed by atoms with Crippen molar-refractivity contribution in [2.45, 2.75) is 117 Å². The lowest BCUT2D eigenvalue weighted by molar-refractivity contribution is 0.527. The SMILES string of the molecule is CCCCCCCCCCCCc1cc(O[Si](C)(C)C)ccc1O[Si](C)(C)C. The van der Waals surface area contributed by atoms with Gasteiger partial charge in [0.2, 0.25) is 16.6 Å². The molecule has 1 rings (SSSR count). The van der Waals surface area contributed by atoms with Gasteiger partial charge in [0.15, 0.2) is 0 Å². The second-order valence-electron chi connectivity index (χ2n) is 10.1. The van der Waals surface area contributed by atoms with Gasteiger partial charge in [0, 0.05) is 0 Å². The molecule has 0 fully saturated rings. The van der Waals surface area contributed by atoms with Gasteiger partial charge in [-0.1, -0.05) is 64.7 Å². The van der Waals surface area contributed by atoms with E-state index >= 15 is 0 Å². The Morgan fingerprint density at radius 2 is 1.14 bits per heavy atom. The number of benzene rings is 1. The highest BCUT2D eigenvalue weighted by molar-refractivity contribution is 6.70. The lowest BCUT2D eigenvalue weighted by Gasteiger charge is -2.24. The van der Waals surface area contributed by atoms with E-state index in [-0.39, 0.29) is 0 Å². The molecule has 0 heterocycles. The van der Waals surface area contributed by atoms with Crippen molar-refractivity contribution in [2.75, 3.05) is 0 Å². The van der Waals surface area contributed by atoms with Gasteiger partial charge in [-0.25, -0.2) is 0 Å². The first-order chi connectivity index (χ1) is 13.1. The highest BCUT2D eigenvalue weighted by Gasteiger charge is 2.20. The molecule has 0 N–H and O–H groups in total. The summed E-state index contributed by atoms with van der Waals surface area (Å²) in [5, 5.41) is 0. The highest BCUT2D eigenvalue weighted by atomic mass is 28.4. The van der Waals surface area contributed by atoms with Crippen molar-refractivity contribution in [1.82, 2.24) is 0 Å². The van der Waals surface area contributed by atoms with E-state index in [0.717, 1.165) is 17.9 Å². The van der Waals surface area contributed by atoms with Crippen LogP contribution in [-0.2, 0) is 6.42 Å². The third kappa shape index (κ3) is 12.7. The fourth-order valence-corrected chi connectivity index (χ4v) is 5.09. The molecule has 0 unspecified atom stereocenters. The Labute approximate surface area is 177 Å². The van der Waals surface area contributed by atoms with Gasteiger partial charge in [-0.2, -0.15) is 0 Å². The molecule has 0 amide bonds. The normalized spacial score (nSPS) is 12.2. The topological polar surface area (TPSA) is 18.5 Å². The zero-order valence-electron chi connectivity index (χ0n) is 19.8. The molecular weight excluding hydrogens is 376 g/mol. The predicted molar refractivity (Wildman–Crippen MR) is 130 cm³/mol. The molecule has 4 heteroatoms. The van der Waals surface area contributed by atoms with Crippen LogP contribution in [0.4, 0.5) is 0 Å². The smallest absolute Gasteiger partial charge is 0.242 e. The number of hydrogen-bond acceptors (Lipinski definition) is 2. The van der Waals surface area contributed by atoms with Gasteiger partial charge in [0.1, 0.15) is 11.5 Å². The Morgan fingerprint density at radius 3 is 1.64 bits per heavy atom. The molecular formula is C24H46O2Si2. The second kappa shape index (κ2) is 12.7. The third-order valence-electron chi connectivity index (χ3n) is 4.67. The first-order valence-electron chi connectivity index (χ1n) is 11.6. The third-order valence-corrected chi connectivity index (χ3v) is 6.35. The van der Waals surface area contributed by atoms with Crippen molar-refractivity contribution in [3.8, 4) is 11.5 Å². The van der Waals surface area contributed by atoms with E-state index in [4.69, 9.17) is 8.85 Å². The molecule has 162 valence electrons. The van der Waals surface area contributed by atoms with E-state index in [1.807, 2.05) is 0 Å². The van der Waals surface area contributed by atoms with Gasteiger partial charge in [-0.3, -0.25) is 0 Å². The monoisotopic (exact) mass is 422 g/mol. The van der Waals surface area contributed by atoms with Crippen molar-refractivity contribution in [2.24, 2.45) is 0 Å². The summed E-state index contributed by atoms with van der Waals surface area (Å²) in [6.07, 6.45) is 14.8. The van der Waals surface area contributed by atoms with Crippen LogP contribution in [0.15, 0.2) is 18.2 Å². The molecule has 0 radical (unpaired) electrons. The molecule has 2 nitrogen and oxygen atoms in total. The molecule has 0 atom stereocenters. The molecule has 0 aliphatic heterocycles. The number of unbranched alkanes of at least 4 members (excludes halogenated alkanes) is 9. The Kier molecular flexibility index (Phi) is 11.5. The van der Waals surface area contributed by atoms with Crippen molar-refractivity contribution < 1.29 is 8.85 Å². The quantitative estimate of drug-likeness (QED) is 0.208. The average Bonchev–Trinajstić information content (AvgIpc) is 2.56. The Bertz CT molecular complexity index is 545. The summed E-state index contributed by atoms with van der Waals surface area (Å²) in [5.41, 5.74) is 1.33. The summed E-state index contributed by atoms with van der Waals surface area (Å²) in [7, 11) is -3.19. The highest BCUT2D eigenvalue weighted by Crippen LogP contribution is 2.29. The lowest BCUT2D eigenvalue weighted by atomic mass is 10.0. The molecule has 0 bridgehead atoms. The molecule has 0 aliphatic rings. The van der Waals surface area contributed by atoms with E-state index in [1.54, 1.807) is 0 Å². The van der Waals surface area contributed by atoms with Crippen molar-refractivity contribution in [3.05, 3.63) is 23.8 Å². The van der Waals surface area contributed by atoms with Gasteiger partial charge in [0.25, 0.3) is 0 Å². The molecule has 0 aliphatic carbocycles. The summed E-state index contributed by atoms with van der Waals surface area (Å²) < 4.78 is 12.6. The second-order valence-corrected chi connectivity index (χ2v) is 19.0. The van der Waals surface area contributed by atoms with E-state index in [0.29, 0.717) is 0 Å². The average molecular weight is 423 g/mol. The summed E-state index contributed by atoms with van der Waals surface area (Å²) in [6.45, 7) is 15.8. The van der Waals surface area contributed by atoms with Gasteiger partial charge in [-0.15, -0.1) is 0 Å². The predicted octanol–water partition coefficient (Wildman–Crippen LogP) is 8.58. The molecule has 0 saturated carbocycles. The molecule has 0 saturated heterocycles. The van der Waals surface area contributed by atoms with Gasteiger partial charge in [-0.05, 0) is 75.9 Å². The van der Waals surface area contributed by atoms with Crippen molar-refractivity contribution >= 4 is 16.6 Å². The summed E-state index contributed by atoms with van der Waals surface area (Å²) in [5.74, 6) is 2.10. The Hall–Kier alpha value is -0.746. The van der Waals surface area contributed by atoms with E-state index < -0.39 is 16.6 Å². The van der Waals surface area contributed by atoms with E-state index in [1.165, 1.54) is 69.8 Å². The van der Waals surface area contributed by atoms with Crippen LogP contribution in [0.25, 0.3) is 0 Å². The van der Waals surface area contributed by atoms with Crippen LogP contribution in [-0.4, -0.2) is 16.6 Å². The van der Waals surface area contributed by atoms with Crippen LogP contribution >= 0.6 is 0 Å². The summed E-state index contributed by atoms with van der Waals surface area (Å²) in [4.78, 5) is 0. The minimum Gasteiger partial charge on any atom is -0.544 e. The number of aryl methyl sites for hydroxylation is 1. The maximum absolute atomic E-state index is 6.35. The van der Waals surface area contributed by atoms with Crippen molar-refractivity contribution in [1.29, 1.82) is 0 Å². The fourth-order valence-electron chi connectivity index (χ4n) is 3.40. The van der Waals surface area contributed by atoms with Crippen LogP contribution in [0.5, 0.6) is 11.5 Å². The molecule has 1 aromatic carbocycles. The van der Waals surface area contributed by atoms with Crippen LogP contribution in [0.1, 0.15) is 76.7 Å². The molecule has 0 aromatic heterocycles. The minimum absolute atomic E-state index is 1.02. The summed E-state index contributed by atoms with van der Waals surface area (Å²) >= 11 is 0. The standard InChI is InChI=1S/C24H46O2Si2/c1-8-9-10-11-12-13-14-15-16-17-18-22-21-23(25-27(2,3)4)19-20-24(22)26-28(5,6)7/h19-21H,8-18H2,1-7H3. The minimum atomic E-state index is -1.60. The molecule has 28 heavy (non-hydrogen) atoms. The molecule has 0 spiro atoms. The van der Waals surface area contributed by atoms with Crippen molar-refractivity contribution in [3.63, 3.8) is 0 Å². The summed E-state index contributed by atoms with van der Waals surface area (Å²) in [6, 6.07) is 6.47. The lowest BCUT2D eigenvalue weighted by Crippen LogP contribution is -2.30. The first kappa shape index (κ1) is 25.3. The number of rotatable bonds is 15. The van der Waals surface area contributed by atoms with Gasteiger partial charge < -0.3 is 8.85 Å². The zero-order chi connectivity index (χ0) is 21.0. The number of hydrogen-bond donors (Lipinski definition) is 0. The fraction of sp³-hybridized carbons (Fsp3) is 0.750. The Morgan fingerprint density at radius 1 is 0.643 bits per heavy atom. The van der Waals surface area contributed by atoms with Gasteiger partial charge >= 0.3 is 0 Å². The van der Waals surface area contributed by atoms with E-state index in [9.17, 15) is 0 Å². The molecule has 1 aromatic rings. The zero-order valence-corrected chi connectivity index (χ0v) is 21.8.